The quantitative estimate of drug-likeness (QED) is 0.866. The highest BCUT2D eigenvalue weighted by atomic mass is 19.1. The van der Waals surface area contributed by atoms with Gasteiger partial charge in [0.15, 0.2) is 0 Å². The number of nitrogens with one attached hydrogen (secondary N) is 1. The van der Waals surface area contributed by atoms with Crippen molar-refractivity contribution in [1.29, 1.82) is 0 Å². The maximum absolute atomic E-state index is 14.0. The molecule has 1 unspecified atom stereocenters. The van der Waals surface area contributed by atoms with E-state index in [2.05, 4.69) is 5.32 Å². The van der Waals surface area contributed by atoms with E-state index in [-0.39, 0.29) is 18.7 Å². The van der Waals surface area contributed by atoms with Crippen LogP contribution in [0.2, 0.25) is 0 Å². The van der Waals surface area contributed by atoms with Crippen LogP contribution in [0.3, 0.4) is 0 Å². The molecule has 22 heavy (non-hydrogen) atoms. The van der Waals surface area contributed by atoms with Gasteiger partial charge in [-0.1, -0.05) is 0 Å². The number of carbonyl (C=O) groups is 1. The van der Waals surface area contributed by atoms with Crippen molar-refractivity contribution in [2.75, 3.05) is 19.6 Å². The van der Waals surface area contributed by atoms with Crippen molar-refractivity contribution in [2.45, 2.75) is 32.4 Å². The minimum atomic E-state index is -1.01. The molecule has 1 fully saturated rings. The highest BCUT2D eigenvalue weighted by Crippen LogP contribution is 2.29. The second-order valence-corrected chi connectivity index (χ2v) is 6.18. The third-order valence-electron chi connectivity index (χ3n) is 3.25. The summed E-state index contributed by atoms with van der Waals surface area (Å²) < 4.78 is 46.3. The SMILES string of the molecule is CC(C)(C)OC(=O)N1CCNCC1c1c(F)cc(F)cc1F. The van der Waals surface area contributed by atoms with Crippen LogP contribution in [0.15, 0.2) is 12.1 Å². The maximum atomic E-state index is 14.0. The number of hydrogen-bond acceptors (Lipinski definition) is 3. The molecule has 4 nitrogen and oxygen atoms in total. The minimum Gasteiger partial charge on any atom is -0.444 e. The molecule has 0 radical (unpaired) electrons. The van der Waals surface area contributed by atoms with Gasteiger partial charge in [0.25, 0.3) is 0 Å². The Balaban J connectivity index is 2.33. The average molecular weight is 316 g/mol. The van der Waals surface area contributed by atoms with Crippen molar-refractivity contribution in [2.24, 2.45) is 0 Å². The molecule has 0 bridgehead atoms. The smallest absolute Gasteiger partial charge is 0.410 e. The lowest BCUT2D eigenvalue weighted by atomic mass is 10.0. The Morgan fingerprint density at radius 2 is 1.86 bits per heavy atom. The van der Waals surface area contributed by atoms with Gasteiger partial charge >= 0.3 is 6.09 Å². The van der Waals surface area contributed by atoms with E-state index in [0.717, 1.165) is 0 Å². The number of halogens is 3. The Labute approximate surface area is 127 Å². The van der Waals surface area contributed by atoms with Crippen LogP contribution in [0.25, 0.3) is 0 Å². The van der Waals surface area contributed by atoms with Crippen LogP contribution in [0.4, 0.5) is 18.0 Å². The van der Waals surface area contributed by atoms with E-state index in [9.17, 15) is 18.0 Å². The molecule has 1 saturated heterocycles. The van der Waals surface area contributed by atoms with Crippen LogP contribution >= 0.6 is 0 Å². The number of benzene rings is 1. The van der Waals surface area contributed by atoms with E-state index in [1.807, 2.05) is 0 Å². The number of carbonyl (C=O) groups excluding carboxylic acids is 1. The standard InChI is InChI=1S/C15H19F3N2O2/c1-15(2,3)22-14(21)20-5-4-19-8-12(20)13-10(17)6-9(16)7-11(13)18/h6-7,12,19H,4-5,8H2,1-3H3. The number of hydrogen-bond donors (Lipinski definition) is 1. The molecule has 122 valence electrons. The zero-order chi connectivity index (χ0) is 16.5. The summed E-state index contributed by atoms with van der Waals surface area (Å²) in [6.07, 6.45) is -0.651. The molecule has 1 amide bonds. The zero-order valence-electron chi connectivity index (χ0n) is 12.8. The lowest BCUT2D eigenvalue weighted by Crippen LogP contribution is -2.50. The first-order valence-corrected chi connectivity index (χ1v) is 7.04. The molecule has 1 aliphatic heterocycles. The van der Waals surface area contributed by atoms with Gasteiger partial charge in [-0.25, -0.2) is 18.0 Å². The number of nitrogens with zero attached hydrogens (tertiary/aromatic N) is 1. The molecule has 0 aliphatic carbocycles. The van der Waals surface area contributed by atoms with Crippen molar-refractivity contribution in [1.82, 2.24) is 10.2 Å². The first kappa shape index (κ1) is 16.6. The van der Waals surface area contributed by atoms with Crippen LogP contribution in [0, 0.1) is 17.5 Å². The first-order chi connectivity index (χ1) is 10.2. The van der Waals surface area contributed by atoms with E-state index in [1.165, 1.54) is 4.90 Å². The largest absolute Gasteiger partial charge is 0.444 e. The molecule has 0 aromatic heterocycles. The summed E-state index contributed by atoms with van der Waals surface area (Å²) >= 11 is 0. The minimum absolute atomic E-state index is 0.165. The van der Waals surface area contributed by atoms with Gasteiger partial charge in [-0.3, -0.25) is 4.90 Å². The van der Waals surface area contributed by atoms with E-state index >= 15 is 0 Å². The predicted molar refractivity (Wildman–Crippen MR) is 74.9 cm³/mol. The summed E-state index contributed by atoms with van der Waals surface area (Å²) in [6.45, 7) is 6.03. The lowest BCUT2D eigenvalue weighted by Gasteiger charge is -2.37. The molecule has 1 aliphatic rings. The van der Waals surface area contributed by atoms with Gasteiger partial charge in [-0.05, 0) is 20.8 Å². The van der Waals surface area contributed by atoms with Gasteiger partial charge in [-0.15, -0.1) is 0 Å². The fourth-order valence-electron chi connectivity index (χ4n) is 2.37. The summed E-state index contributed by atoms with van der Waals surface area (Å²) in [6, 6.07) is 0.338. The third-order valence-corrected chi connectivity index (χ3v) is 3.25. The van der Waals surface area contributed by atoms with Crippen molar-refractivity contribution >= 4 is 6.09 Å². The van der Waals surface area contributed by atoms with E-state index in [1.54, 1.807) is 20.8 Å². The van der Waals surface area contributed by atoms with Crippen molar-refractivity contribution in [3.8, 4) is 0 Å². The van der Waals surface area contributed by atoms with Crippen LogP contribution in [-0.4, -0.2) is 36.2 Å². The Hall–Kier alpha value is -1.76. The topological polar surface area (TPSA) is 41.6 Å². The molecule has 1 heterocycles. The molecular weight excluding hydrogens is 297 g/mol. The predicted octanol–water partition coefficient (Wildman–Crippen LogP) is 2.99. The van der Waals surface area contributed by atoms with Crippen molar-refractivity contribution in [3.05, 3.63) is 35.1 Å². The van der Waals surface area contributed by atoms with Crippen LogP contribution in [-0.2, 0) is 4.74 Å². The van der Waals surface area contributed by atoms with Gasteiger partial charge in [0.1, 0.15) is 23.1 Å². The molecule has 7 heteroatoms. The molecule has 0 spiro atoms. The normalized spacial score (nSPS) is 19.2. The molecule has 1 N–H and O–H groups in total. The zero-order valence-corrected chi connectivity index (χ0v) is 12.8. The molecule has 0 saturated carbocycles. The van der Waals surface area contributed by atoms with E-state index in [0.29, 0.717) is 18.7 Å². The molecule has 1 aromatic rings. The van der Waals surface area contributed by atoms with Crippen molar-refractivity contribution < 1.29 is 22.7 Å². The summed E-state index contributed by atoms with van der Waals surface area (Å²) in [5.41, 5.74) is -1.05. The number of piperazine rings is 1. The molecule has 1 aromatic carbocycles. The number of rotatable bonds is 1. The highest BCUT2D eigenvalue weighted by molar-refractivity contribution is 5.69. The van der Waals surface area contributed by atoms with Crippen LogP contribution < -0.4 is 5.32 Å². The van der Waals surface area contributed by atoms with Gasteiger partial charge in [0.2, 0.25) is 0 Å². The third kappa shape index (κ3) is 3.71. The van der Waals surface area contributed by atoms with E-state index in [4.69, 9.17) is 4.74 Å². The Bertz CT molecular complexity index is 549. The Morgan fingerprint density at radius 3 is 2.41 bits per heavy atom. The molecule has 1 atom stereocenters. The first-order valence-electron chi connectivity index (χ1n) is 7.04. The maximum Gasteiger partial charge on any atom is 0.410 e. The van der Waals surface area contributed by atoms with Gasteiger partial charge in [0, 0.05) is 37.3 Å². The molecular formula is C15H19F3N2O2. The van der Waals surface area contributed by atoms with Gasteiger partial charge < -0.3 is 10.1 Å². The van der Waals surface area contributed by atoms with Crippen LogP contribution in [0.1, 0.15) is 32.4 Å². The molecule has 2 rings (SSSR count). The van der Waals surface area contributed by atoms with Gasteiger partial charge in [0.05, 0.1) is 6.04 Å². The van der Waals surface area contributed by atoms with Crippen molar-refractivity contribution in [3.63, 3.8) is 0 Å². The second kappa shape index (κ2) is 6.16. The summed E-state index contributed by atoms with van der Waals surface area (Å²) in [7, 11) is 0. The number of ether oxygens (including phenoxy) is 1. The highest BCUT2D eigenvalue weighted by Gasteiger charge is 2.34. The summed E-state index contributed by atoms with van der Waals surface area (Å²) in [5.74, 6) is -3.02. The Kier molecular flexibility index (Phi) is 4.65. The second-order valence-electron chi connectivity index (χ2n) is 6.18. The van der Waals surface area contributed by atoms with Gasteiger partial charge in [-0.2, -0.15) is 0 Å². The number of amides is 1. The lowest BCUT2D eigenvalue weighted by molar-refractivity contribution is 0.0111. The monoisotopic (exact) mass is 316 g/mol. The fourth-order valence-corrected chi connectivity index (χ4v) is 2.37. The van der Waals surface area contributed by atoms with Crippen LogP contribution in [0.5, 0.6) is 0 Å². The summed E-state index contributed by atoms with van der Waals surface area (Å²) in [5, 5.41) is 2.97. The average Bonchev–Trinajstić information content (AvgIpc) is 2.36. The van der Waals surface area contributed by atoms with E-state index < -0.39 is 35.2 Å². The fraction of sp³-hybridized carbons (Fsp3) is 0.533. The summed E-state index contributed by atoms with van der Waals surface area (Å²) in [4.78, 5) is 13.5. The Morgan fingerprint density at radius 1 is 1.27 bits per heavy atom.